The van der Waals surface area contributed by atoms with Gasteiger partial charge in [0, 0.05) is 6.54 Å². The molecule has 1 aromatic rings. The first-order chi connectivity index (χ1) is 8.79. The van der Waals surface area contributed by atoms with Crippen LogP contribution in [-0.4, -0.2) is 36.1 Å². The summed E-state index contributed by atoms with van der Waals surface area (Å²) in [6.07, 6.45) is 3.75. The second-order valence-corrected chi connectivity index (χ2v) is 4.58. The van der Waals surface area contributed by atoms with Crippen LogP contribution in [0.4, 0.5) is 11.5 Å². The van der Waals surface area contributed by atoms with E-state index in [1.807, 2.05) is 12.1 Å². The third kappa shape index (κ3) is 3.34. The van der Waals surface area contributed by atoms with Gasteiger partial charge in [-0.1, -0.05) is 0 Å². The summed E-state index contributed by atoms with van der Waals surface area (Å²) in [5, 5.41) is 12.1. The van der Waals surface area contributed by atoms with Crippen molar-refractivity contribution >= 4 is 11.5 Å². The average Bonchev–Trinajstić information content (AvgIpc) is 2.89. The molecular weight excluding hydrogens is 226 g/mol. The second-order valence-electron chi connectivity index (χ2n) is 4.58. The number of likely N-dealkylation sites (tertiary alicyclic amines) is 1. The van der Waals surface area contributed by atoms with E-state index in [2.05, 4.69) is 15.2 Å². The number of nitrogens with one attached hydrogen (secondary N) is 1. The minimum atomic E-state index is 0.291. The first-order valence-corrected chi connectivity index (χ1v) is 6.42. The molecule has 0 spiro atoms. The summed E-state index contributed by atoms with van der Waals surface area (Å²) in [4.78, 5) is 6.63. The van der Waals surface area contributed by atoms with Crippen LogP contribution in [0.2, 0.25) is 0 Å². The summed E-state index contributed by atoms with van der Waals surface area (Å²) < 4.78 is 0. The number of rotatable bonds is 5. The van der Waals surface area contributed by atoms with Gasteiger partial charge in [0.15, 0.2) is 5.69 Å². The maximum atomic E-state index is 8.83. The van der Waals surface area contributed by atoms with E-state index < -0.39 is 0 Å². The van der Waals surface area contributed by atoms with Gasteiger partial charge in [-0.2, -0.15) is 5.26 Å². The third-order valence-corrected chi connectivity index (χ3v) is 3.19. The zero-order valence-corrected chi connectivity index (χ0v) is 10.5. The summed E-state index contributed by atoms with van der Waals surface area (Å²) >= 11 is 0. The summed E-state index contributed by atoms with van der Waals surface area (Å²) in [7, 11) is 0. The molecule has 0 unspecified atom stereocenters. The van der Waals surface area contributed by atoms with E-state index in [1.54, 1.807) is 6.07 Å². The average molecular weight is 245 g/mol. The molecule has 0 aliphatic carbocycles. The Morgan fingerprint density at radius 3 is 2.89 bits per heavy atom. The van der Waals surface area contributed by atoms with E-state index in [0.29, 0.717) is 11.4 Å². The Bertz CT molecular complexity index is 431. The van der Waals surface area contributed by atoms with Crippen molar-refractivity contribution < 1.29 is 0 Å². The molecule has 1 aliphatic heterocycles. The van der Waals surface area contributed by atoms with E-state index in [-0.39, 0.29) is 0 Å². The fourth-order valence-electron chi connectivity index (χ4n) is 2.18. The molecule has 2 rings (SSSR count). The molecule has 0 aromatic carbocycles. The summed E-state index contributed by atoms with van der Waals surface area (Å²) in [6.45, 7) is 4.47. The van der Waals surface area contributed by atoms with Gasteiger partial charge in [-0.05, 0) is 51.0 Å². The second kappa shape index (κ2) is 6.22. The van der Waals surface area contributed by atoms with Crippen LogP contribution in [0, 0.1) is 11.3 Å². The van der Waals surface area contributed by atoms with Crippen LogP contribution in [0.1, 0.15) is 25.0 Å². The lowest BCUT2D eigenvalue weighted by molar-refractivity contribution is 0.337. The van der Waals surface area contributed by atoms with Gasteiger partial charge in [0.25, 0.3) is 0 Å². The van der Waals surface area contributed by atoms with Gasteiger partial charge < -0.3 is 16.0 Å². The van der Waals surface area contributed by atoms with Crippen LogP contribution in [0.25, 0.3) is 0 Å². The molecule has 5 heteroatoms. The van der Waals surface area contributed by atoms with E-state index >= 15 is 0 Å². The number of aromatic nitrogens is 1. The van der Waals surface area contributed by atoms with Crippen LogP contribution in [0.15, 0.2) is 12.1 Å². The van der Waals surface area contributed by atoms with Crippen molar-refractivity contribution in [2.75, 3.05) is 37.2 Å². The molecule has 1 fully saturated rings. The zero-order valence-electron chi connectivity index (χ0n) is 10.5. The van der Waals surface area contributed by atoms with Crippen molar-refractivity contribution in [1.82, 2.24) is 9.88 Å². The van der Waals surface area contributed by atoms with Gasteiger partial charge in [-0.25, -0.2) is 4.98 Å². The van der Waals surface area contributed by atoms with Gasteiger partial charge in [0.05, 0.1) is 5.69 Å². The minimum Gasteiger partial charge on any atom is -0.396 e. The first kappa shape index (κ1) is 12.7. The molecule has 96 valence electrons. The molecule has 0 atom stereocenters. The fraction of sp³-hybridized carbons (Fsp3) is 0.538. The molecule has 0 amide bonds. The van der Waals surface area contributed by atoms with Gasteiger partial charge in [-0.3, -0.25) is 0 Å². The smallest absolute Gasteiger partial charge is 0.165 e. The normalized spacial score (nSPS) is 15.5. The number of nitrogens with zero attached hydrogens (tertiary/aromatic N) is 3. The van der Waals surface area contributed by atoms with Crippen LogP contribution in [0.5, 0.6) is 0 Å². The summed E-state index contributed by atoms with van der Waals surface area (Å²) in [6, 6.07) is 5.51. The number of anilines is 2. The standard InChI is InChI=1S/C13H19N5/c14-10-12-11(15)4-5-13(17-12)16-6-3-9-18-7-1-2-8-18/h4-5H,1-3,6-9,15H2,(H,16,17). The quantitative estimate of drug-likeness (QED) is 0.767. The summed E-state index contributed by atoms with van der Waals surface area (Å²) in [5.41, 5.74) is 6.34. The molecular formula is C13H19N5. The predicted octanol–water partition coefficient (Wildman–Crippen LogP) is 1.43. The lowest BCUT2D eigenvalue weighted by Crippen LogP contribution is -2.22. The lowest BCUT2D eigenvalue weighted by Gasteiger charge is -2.14. The zero-order chi connectivity index (χ0) is 12.8. The van der Waals surface area contributed by atoms with Crippen molar-refractivity contribution in [2.45, 2.75) is 19.3 Å². The Kier molecular flexibility index (Phi) is 4.37. The Morgan fingerprint density at radius 1 is 1.39 bits per heavy atom. The predicted molar refractivity (Wildman–Crippen MR) is 72.1 cm³/mol. The number of nitrogen functional groups attached to an aromatic ring is 1. The highest BCUT2D eigenvalue weighted by Crippen LogP contribution is 2.12. The van der Waals surface area contributed by atoms with E-state index in [1.165, 1.54) is 25.9 Å². The molecule has 1 aliphatic rings. The van der Waals surface area contributed by atoms with Crippen molar-refractivity contribution in [3.63, 3.8) is 0 Å². The largest absolute Gasteiger partial charge is 0.396 e. The topological polar surface area (TPSA) is 78.0 Å². The molecule has 1 aromatic heterocycles. The van der Waals surface area contributed by atoms with E-state index in [4.69, 9.17) is 11.0 Å². The van der Waals surface area contributed by atoms with Crippen molar-refractivity contribution in [2.24, 2.45) is 0 Å². The number of pyridine rings is 1. The Hall–Kier alpha value is -1.80. The minimum absolute atomic E-state index is 0.291. The van der Waals surface area contributed by atoms with Crippen LogP contribution in [0.3, 0.4) is 0 Å². The van der Waals surface area contributed by atoms with E-state index in [0.717, 1.165) is 25.3 Å². The molecule has 0 saturated carbocycles. The highest BCUT2D eigenvalue weighted by molar-refractivity contribution is 5.54. The third-order valence-electron chi connectivity index (χ3n) is 3.19. The molecule has 0 bridgehead atoms. The number of hydrogen-bond acceptors (Lipinski definition) is 5. The SMILES string of the molecule is N#Cc1nc(NCCCN2CCCC2)ccc1N. The monoisotopic (exact) mass is 245 g/mol. The maximum Gasteiger partial charge on any atom is 0.165 e. The van der Waals surface area contributed by atoms with Gasteiger partial charge >= 0.3 is 0 Å². The maximum absolute atomic E-state index is 8.83. The van der Waals surface area contributed by atoms with Gasteiger partial charge in [0.2, 0.25) is 0 Å². The van der Waals surface area contributed by atoms with Crippen LogP contribution in [-0.2, 0) is 0 Å². The fourth-order valence-corrected chi connectivity index (χ4v) is 2.18. The number of nitrogens with two attached hydrogens (primary N) is 1. The van der Waals surface area contributed by atoms with E-state index in [9.17, 15) is 0 Å². The molecule has 3 N–H and O–H groups in total. The summed E-state index contributed by atoms with van der Waals surface area (Å²) in [5.74, 6) is 0.724. The van der Waals surface area contributed by atoms with Gasteiger partial charge in [-0.15, -0.1) is 0 Å². The van der Waals surface area contributed by atoms with Crippen molar-refractivity contribution in [3.05, 3.63) is 17.8 Å². The molecule has 18 heavy (non-hydrogen) atoms. The highest BCUT2D eigenvalue weighted by Gasteiger charge is 2.10. The number of nitriles is 1. The molecule has 5 nitrogen and oxygen atoms in total. The first-order valence-electron chi connectivity index (χ1n) is 6.42. The molecule has 0 radical (unpaired) electrons. The number of hydrogen-bond donors (Lipinski definition) is 2. The van der Waals surface area contributed by atoms with Gasteiger partial charge in [0.1, 0.15) is 11.9 Å². The van der Waals surface area contributed by atoms with Crippen molar-refractivity contribution in [1.29, 1.82) is 5.26 Å². The van der Waals surface area contributed by atoms with Crippen LogP contribution < -0.4 is 11.1 Å². The Labute approximate surface area is 108 Å². The Balaban J connectivity index is 1.74. The molecule has 2 heterocycles. The highest BCUT2D eigenvalue weighted by atomic mass is 15.1. The van der Waals surface area contributed by atoms with Crippen molar-refractivity contribution in [3.8, 4) is 6.07 Å². The Morgan fingerprint density at radius 2 is 2.17 bits per heavy atom. The molecule has 1 saturated heterocycles. The van der Waals surface area contributed by atoms with Crippen LogP contribution >= 0.6 is 0 Å². The lowest BCUT2D eigenvalue weighted by atomic mass is 10.3.